The third kappa shape index (κ3) is 4.06. The van der Waals surface area contributed by atoms with Crippen molar-refractivity contribution in [2.75, 3.05) is 14.2 Å². The lowest BCUT2D eigenvalue weighted by Crippen LogP contribution is -2.38. The monoisotopic (exact) mass is 521 g/mol. The topological polar surface area (TPSA) is 112 Å². The number of fused-ring (bicyclic) bond motifs is 2. The summed E-state index contributed by atoms with van der Waals surface area (Å²) in [5.74, 6) is -1.92. The van der Waals surface area contributed by atoms with E-state index in [2.05, 4.69) is 4.98 Å². The fraction of sp³-hybridized carbons (Fsp3) is 0.129. The molecule has 0 amide bonds. The standard InChI is InChI=1S/C31H23NO7/c1-36-31(37-2)14-8-7-11-22(31)19-16-23(21-15-18-9-3-5-12-25(18)38-29(21)34)32-24(17-19)27-28(33)20-10-4-6-13-26(20)39-30(27)35/h3-17,22,33H,1-2H3. The maximum atomic E-state index is 13.1. The molecule has 0 fully saturated rings. The third-order valence-electron chi connectivity index (χ3n) is 6.98. The summed E-state index contributed by atoms with van der Waals surface area (Å²) in [6.45, 7) is 0. The van der Waals surface area contributed by atoms with Crippen molar-refractivity contribution in [2.45, 2.75) is 11.7 Å². The zero-order chi connectivity index (χ0) is 27.1. The maximum absolute atomic E-state index is 13.1. The molecule has 0 aliphatic heterocycles. The molecule has 0 saturated heterocycles. The average Bonchev–Trinajstić information content (AvgIpc) is 2.96. The fourth-order valence-electron chi connectivity index (χ4n) is 5.02. The van der Waals surface area contributed by atoms with E-state index in [-0.39, 0.29) is 33.8 Å². The van der Waals surface area contributed by atoms with Gasteiger partial charge in [-0.3, -0.25) is 0 Å². The van der Waals surface area contributed by atoms with E-state index in [1.54, 1.807) is 60.7 Å². The molecule has 8 nitrogen and oxygen atoms in total. The van der Waals surface area contributed by atoms with E-state index < -0.39 is 23.0 Å². The van der Waals surface area contributed by atoms with Crippen LogP contribution >= 0.6 is 0 Å². The van der Waals surface area contributed by atoms with Gasteiger partial charge in [0.2, 0.25) is 0 Å². The highest BCUT2D eigenvalue weighted by Gasteiger charge is 2.38. The third-order valence-corrected chi connectivity index (χ3v) is 6.98. The summed E-state index contributed by atoms with van der Waals surface area (Å²) in [4.78, 5) is 30.9. The average molecular weight is 522 g/mol. The molecule has 5 aromatic rings. The van der Waals surface area contributed by atoms with Crippen molar-refractivity contribution in [3.05, 3.63) is 117 Å². The second-order valence-corrected chi connectivity index (χ2v) is 9.12. The van der Waals surface area contributed by atoms with E-state index in [0.717, 1.165) is 0 Å². The van der Waals surface area contributed by atoms with Crippen LogP contribution in [0.1, 0.15) is 11.5 Å². The Morgan fingerprint density at radius 1 is 0.846 bits per heavy atom. The van der Waals surface area contributed by atoms with Crippen molar-refractivity contribution < 1.29 is 23.4 Å². The summed E-state index contributed by atoms with van der Waals surface area (Å²) < 4.78 is 22.6. The molecule has 0 spiro atoms. The zero-order valence-electron chi connectivity index (χ0n) is 21.1. The summed E-state index contributed by atoms with van der Waals surface area (Å²) in [7, 11) is 3.07. The second-order valence-electron chi connectivity index (χ2n) is 9.12. The largest absolute Gasteiger partial charge is 0.506 e. The van der Waals surface area contributed by atoms with Crippen LogP contribution in [-0.4, -0.2) is 30.1 Å². The number of aromatic nitrogens is 1. The van der Waals surface area contributed by atoms with Gasteiger partial charge in [0.05, 0.1) is 28.3 Å². The van der Waals surface area contributed by atoms with Crippen LogP contribution in [0.5, 0.6) is 5.75 Å². The summed E-state index contributed by atoms with van der Waals surface area (Å²) in [5, 5.41) is 12.2. The van der Waals surface area contributed by atoms with Gasteiger partial charge in [-0.05, 0) is 48.0 Å². The number of nitrogens with zero attached hydrogens (tertiary/aromatic N) is 1. The van der Waals surface area contributed by atoms with E-state index in [1.807, 2.05) is 30.4 Å². The number of hydrogen-bond donors (Lipinski definition) is 1. The van der Waals surface area contributed by atoms with E-state index >= 15 is 0 Å². The predicted octanol–water partition coefficient (Wildman–Crippen LogP) is 5.53. The Morgan fingerprint density at radius 2 is 1.54 bits per heavy atom. The van der Waals surface area contributed by atoms with Gasteiger partial charge in [0.1, 0.15) is 22.5 Å². The van der Waals surface area contributed by atoms with Crippen LogP contribution in [-0.2, 0) is 9.47 Å². The van der Waals surface area contributed by atoms with Gasteiger partial charge in [-0.15, -0.1) is 0 Å². The summed E-state index contributed by atoms with van der Waals surface area (Å²) in [5.41, 5.74) is 0.379. The Bertz CT molecular complexity index is 1910. The Labute approximate surface area is 222 Å². The Hall–Kier alpha value is -4.79. The number of rotatable bonds is 5. The van der Waals surface area contributed by atoms with Gasteiger partial charge in [0, 0.05) is 19.6 Å². The van der Waals surface area contributed by atoms with Crippen LogP contribution in [0.3, 0.4) is 0 Å². The first-order chi connectivity index (χ1) is 18.9. The molecule has 194 valence electrons. The molecule has 39 heavy (non-hydrogen) atoms. The fourth-order valence-corrected chi connectivity index (χ4v) is 5.02. The smallest absolute Gasteiger partial charge is 0.349 e. The molecule has 3 aromatic heterocycles. The van der Waals surface area contributed by atoms with Gasteiger partial charge >= 0.3 is 11.3 Å². The van der Waals surface area contributed by atoms with Crippen molar-refractivity contribution in [3.63, 3.8) is 0 Å². The van der Waals surface area contributed by atoms with Gasteiger partial charge in [-0.2, -0.15) is 0 Å². The van der Waals surface area contributed by atoms with Gasteiger partial charge < -0.3 is 23.4 Å². The minimum atomic E-state index is -1.16. The zero-order valence-corrected chi connectivity index (χ0v) is 21.1. The minimum Gasteiger partial charge on any atom is -0.506 e. The second kappa shape index (κ2) is 9.50. The number of aromatic hydroxyl groups is 1. The molecule has 0 saturated carbocycles. The molecule has 1 atom stereocenters. The van der Waals surface area contributed by atoms with Crippen LogP contribution in [0.2, 0.25) is 0 Å². The SMILES string of the molecule is COC1(OC)C=CC=CC1c1cc(-c2cc3ccccc3oc2=O)nc(-c2c(O)c3ccccc3oc2=O)c1. The van der Waals surface area contributed by atoms with Crippen molar-refractivity contribution in [2.24, 2.45) is 0 Å². The first kappa shape index (κ1) is 24.5. The lowest BCUT2D eigenvalue weighted by atomic mass is 9.85. The molecule has 8 heteroatoms. The number of methoxy groups -OCH3 is 2. The molecule has 3 heterocycles. The molecule has 0 radical (unpaired) electrons. The van der Waals surface area contributed by atoms with Crippen LogP contribution in [0.15, 0.2) is 109 Å². The molecule has 6 rings (SSSR count). The lowest BCUT2D eigenvalue weighted by molar-refractivity contribution is -0.178. The molecule has 1 aliphatic rings. The normalized spacial score (nSPS) is 16.2. The summed E-state index contributed by atoms with van der Waals surface area (Å²) in [6, 6.07) is 18.9. The first-order valence-corrected chi connectivity index (χ1v) is 12.2. The minimum absolute atomic E-state index is 0.121. The molecule has 0 bridgehead atoms. The van der Waals surface area contributed by atoms with Gasteiger partial charge in [-0.25, -0.2) is 14.6 Å². The van der Waals surface area contributed by atoms with Crippen LogP contribution in [0, 0.1) is 0 Å². The molecular formula is C31H23NO7. The highest BCUT2D eigenvalue weighted by molar-refractivity contribution is 5.90. The number of ether oxygens (including phenoxy) is 2. The van der Waals surface area contributed by atoms with E-state index in [1.165, 1.54) is 14.2 Å². The Balaban J connectivity index is 1.65. The van der Waals surface area contributed by atoms with Gasteiger partial charge in [0.15, 0.2) is 5.79 Å². The number of para-hydroxylation sites is 2. The molecule has 1 unspecified atom stereocenters. The number of allylic oxidation sites excluding steroid dienone is 2. The van der Waals surface area contributed by atoms with Crippen molar-refractivity contribution in [1.29, 1.82) is 0 Å². The highest BCUT2D eigenvalue weighted by atomic mass is 16.7. The van der Waals surface area contributed by atoms with Crippen molar-refractivity contribution in [3.8, 4) is 28.3 Å². The predicted molar refractivity (Wildman–Crippen MR) is 147 cm³/mol. The maximum Gasteiger partial charge on any atom is 0.349 e. The van der Waals surface area contributed by atoms with Gasteiger partial charge in [0.25, 0.3) is 0 Å². The van der Waals surface area contributed by atoms with E-state index in [9.17, 15) is 14.7 Å². The van der Waals surface area contributed by atoms with Crippen LogP contribution in [0.4, 0.5) is 0 Å². The first-order valence-electron chi connectivity index (χ1n) is 12.2. The molecule has 1 aliphatic carbocycles. The summed E-state index contributed by atoms with van der Waals surface area (Å²) >= 11 is 0. The van der Waals surface area contributed by atoms with E-state index in [4.69, 9.17) is 18.3 Å². The number of hydrogen-bond acceptors (Lipinski definition) is 8. The van der Waals surface area contributed by atoms with Crippen LogP contribution in [0.25, 0.3) is 44.5 Å². The highest BCUT2D eigenvalue weighted by Crippen LogP contribution is 2.40. The number of pyridine rings is 1. The van der Waals surface area contributed by atoms with Gasteiger partial charge in [-0.1, -0.05) is 48.6 Å². The number of benzene rings is 2. The quantitative estimate of drug-likeness (QED) is 0.237. The van der Waals surface area contributed by atoms with Crippen LogP contribution < -0.4 is 11.3 Å². The molecular weight excluding hydrogens is 498 g/mol. The molecule has 2 aromatic carbocycles. The Morgan fingerprint density at radius 3 is 2.33 bits per heavy atom. The Kier molecular flexibility index (Phi) is 5.98. The lowest BCUT2D eigenvalue weighted by Gasteiger charge is -2.36. The van der Waals surface area contributed by atoms with E-state index in [0.29, 0.717) is 21.9 Å². The van der Waals surface area contributed by atoms with Crippen molar-refractivity contribution in [1.82, 2.24) is 4.98 Å². The van der Waals surface area contributed by atoms with Crippen molar-refractivity contribution >= 4 is 21.9 Å². The molecule has 1 N–H and O–H groups in total. The summed E-state index contributed by atoms with van der Waals surface area (Å²) in [6.07, 6.45) is 7.34.